The highest BCUT2D eigenvalue weighted by Gasteiger charge is 2.22. The third kappa shape index (κ3) is 4.45. The molecule has 0 radical (unpaired) electrons. The Morgan fingerprint density at radius 1 is 1.50 bits per heavy atom. The topological polar surface area (TPSA) is 101 Å². The van der Waals surface area contributed by atoms with Crippen LogP contribution in [0, 0.1) is 10.1 Å². The zero-order chi connectivity index (χ0) is 16.1. The van der Waals surface area contributed by atoms with Gasteiger partial charge in [0.1, 0.15) is 0 Å². The number of nitrogens with zero attached hydrogens (tertiary/aromatic N) is 1. The van der Waals surface area contributed by atoms with Gasteiger partial charge < -0.3 is 10.6 Å². The Labute approximate surface area is 132 Å². The number of rotatable bonds is 6. The molecule has 118 valence electrons. The predicted octanol–water partition coefficient (Wildman–Crippen LogP) is 1.47. The van der Waals surface area contributed by atoms with Gasteiger partial charge in [-0.2, -0.15) is 0 Å². The van der Waals surface area contributed by atoms with E-state index in [2.05, 4.69) is 10.6 Å². The third-order valence-corrected chi connectivity index (χ3v) is 4.45. The Balaban J connectivity index is 1.80. The van der Waals surface area contributed by atoms with Crippen molar-refractivity contribution in [1.29, 1.82) is 0 Å². The molecule has 0 aliphatic carbocycles. The van der Waals surface area contributed by atoms with E-state index in [0.29, 0.717) is 13.0 Å². The number of hydrogen-bond acceptors (Lipinski definition) is 5. The number of nitro groups is 1. The van der Waals surface area contributed by atoms with E-state index in [1.807, 2.05) is 0 Å². The molecular weight excluding hydrogens is 306 g/mol. The molecule has 8 heteroatoms. The zero-order valence-corrected chi connectivity index (χ0v) is 12.9. The Morgan fingerprint density at radius 3 is 2.73 bits per heavy atom. The fraction of sp³-hybridized carbons (Fsp3) is 0.429. The van der Waals surface area contributed by atoms with Gasteiger partial charge >= 0.3 is 0 Å². The van der Waals surface area contributed by atoms with E-state index < -0.39 is 4.92 Å². The average molecular weight is 323 g/mol. The molecule has 2 N–H and O–H groups in total. The van der Waals surface area contributed by atoms with Crippen LogP contribution in [0.25, 0.3) is 0 Å². The van der Waals surface area contributed by atoms with Crippen LogP contribution in [0.3, 0.4) is 0 Å². The van der Waals surface area contributed by atoms with Gasteiger partial charge in [-0.1, -0.05) is 0 Å². The molecule has 0 aromatic heterocycles. The molecule has 1 saturated heterocycles. The smallest absolute Gasteiger partial charge is 0.269 e. The number of carbonyl (C=O) groups is 2. The van der Waals surface area contributed by atoms with Gasteiger partial charge in [-0.05, 0) is 25.5 Å². The first-order valence-electron chi connectivity index (χ1n) is 6.94. The third-order valence-electron chi connectivity index (χ3n) is 3.34. The Morgan fingerprint density at radius 2 is 2.18 bits per heavy atom. The van der Waals surface area contributed by atoms with Crippen LogP contribution in [0.2, 0.25) is 0 Å². The average Bonchev–Trinajstić information content (AvgIpc) is 2.91. The number of carbonyl (C=O) groups excluding carboxylic acids is 2. The van der Waals surface area contributed by atoms with E-state index in [1.54, 1.807) is 19.1 Å². The molecule has 1 aromatic carbocycles. The maximum atomic E-state index is 12.0. The summed E-state index contributed by atoms with van der Waals surface area (Å²) in [6.45, 7) is 2.20. The lowest BCUT2D eigenvalue weighted by atomic mass is 10.2. The van der Waals surface area contributed by atoms with Crippen LogP contribution in [0.4, 0.5) is 5.69 Å². The summed E-state index contributed by atoms with van der Waals surface area (Å²) in [4.78, 5) is 34.0. The minimum absolute atomic E-state index is 0.00743. The minimum atomic E-state index is -0.458. The Kier molecular flexibility index (Phi) is 5.37. The number of hydrogen-bond donors (Lipinski definition) is 2. The number of nitro benzene ring substituents is 1. The molecule has 1 aliphatic heterocycles. The molecule has 0 saturated carbocycles. The van der Waals surface area contributed by atoms with Gasteiger partial charge in [-0.3, -0.25) is 19.7 Å². The van der Waals surface area contributed by atoms with Gasteiger partial charge in [-0.25, -0.2) is 0 Å². The normalized spacial score (nSPS) is 18.6. The Hall–Kier alpha value is -2.09. The lowest BCUT2D eigenvalue weighted by Gasteiger charge is -2.15. The van der Waals surface area contributed by atoms with E-state index in [0.717, 1.165) is 11.3 Å². The Bertz CT molecular complexity index is 576. The molecule has 2 amide bonds. The largest absolute Gasteiger partial charge is 0.353 e. The van der Waals surface area contributed by atoms with Gasteiger partial charge in [0, 0.05) is 36.0 Å². The van der Waals surface area contributed by atoms with Crippen LogP contribution in [-0.2, 0) is 9.59 Å². The molecule has 1 heterocycles. The zero-order valence-electron chi connectivity index (χ0n) is 12.1. The van der Waals surface area contributed by atoms with Gasteiger partial charge in [0.25, 0.3) is 5.69 Å². The van der Waals surface area contributed by atoms with Crippen molar-refractivity contribution in [2.75, 3.05) is 6.54 Å². The molecule has 0 bridgehead atoms. The SMILES string of the molecule is C[C@H](Sc1ccc([N+](=O)[O-])cc1)C(=O)NC[C@@H]1CCC(=O)N1. The number of thioether (sulfide) groups is 1. The number of benzene rings is 1. The summed E-state index contributed by atoms with van der Waals surface area (Å²) in [7, 11) is 0. The summed E-state index contributed by atoms with van der Waals surface area (Å²) in [5.41, 5.74) is 0.0263. The highest BCUT2D eigenvalue weighted by molar-refractivity contribution is 8.00. The van der Waals surface area contributed by atoms with E-state index in [4.69, 9.17) is 0 Å². The summed E-state index contributed by atoms with van der Waals surface area (Å²) < 4.78 is 0. The molecule has 1 aliphatic rings. The summed E-state index contributed by atoms with van der Waals surface area (Å²) >= 11 is 1.33. The minimum Gasteiger partial charge on any atom is -0.353 e. The van der Waals surface area contributed by atoms with Crippen molar-refractivity contribution in [2.45, 2.75) is 36.0 Å². The first-order chi connectivity index (χ1) is 10.5. The van der Waals surface area contributed by atoms with E-state index in [9.17, 15) is 19.7 Å². The molecule has 1 aromatic rings. The summed E-state index contributed by atoms with van der Waals surface area (Å²) in [5, 5.41) is 15.9. The van der Waals surface area contributed by atoms with E-state index in [1.165, 1.54) is 23.9 Å². The van der Waals surface area contributed by atoms with Gasteiger partial charge in [0.15, 0.2) is 0 Å². The van der Waals surface area contributed by atoms with Crippen molar-refractivity contribution in [2.24, 2.45) is 0 Å². The van der Waals surface area contributed by atoms with Crippen LogP contribution in [0.1, 0.15) is 19.8 Å². The predicted molar refractivity (Wildman–Crippen MR) is 82.6 cm³/mol. The fourth-order valence-electron chi connectivity index (χ4n) is 2.10. The standard InChI is InChI=1S/C14H17N3O4S/c1-9(14(19)15-8-10-2-7-13(18)16-10)22-12-5-3-11(4-6-12)17(20)21/h3-6,9-10H,2,7-8H2,1H3,(H,15,19)(H,16,18)/t9-,10-/m0/s1. The second-order valence-electron chi connectivity index (χ2n) is 5.06. The van der Waals surface area contributed by atoms with Crippen molar-refractivity contribution in [3.05, 3.63) is 34.4 Å². The second kappa shape index (κ2) is 7.26. The first-order valence-corrected chi connectivity index (χ1v) is 7.82. The quantitative estimate of drug-likeness (QED) is 0.469. The van der Waals surface area contributed by atoms with E-state index >= 15 is 0 Å². The van der Waals surface area contributed by atoms with Gasteiger partial charge in [-0.15, -0.1) is 11.8 Å². The molecule has 0 spiro atoms. The summed E-state index contributed by atoms with van der Waals surface area (Å²) in [6.07, 6.45) is 1.25. The van der Waals surface area contributed by atoms with Crippen molar-refractivity contribution in [1.82, 2.24) is 10.6 Å². The summed E-state index contributed by atoms with van der Waals surface area (Å²) in [6, 6.07) is 6.10. The van der Waals surface area contributed by atoms with Crippen molar-refractivity contribution in [3.8, 4) is 0 Å². The molecule has 0 unspecified atom stereocenters. The number of non-ortho nitro benzene ring substituents is 1. The van der Waals surface area contributed by atoms with E-state index in [-0.39, 0.29) is 28.8 Å². The lowest BCUT2D eigenvalue weighted by Crippen LogP contribution is -2.41. The van der Waals surface area contributed by atoms with Crippen LogP contribution in [0.5, 0.6) is 0 Å². The monoisotopic (exact) mass is 323 g/mol. The molecule has 2 rings (SSSR count). The van der Waals surface area contributed by atoms with Crippen LogP contribution < -0.4 is 10.6 Å². The lowest BCUT2D eigenvalue weighted by molar-refractivity contribution is -0.384. The molecule has 22 heavy (non-hydrogen) atoms. The highest BCUT2D eigenvalue weighted by Crippen LogP contribution is 2.25. The van der Waals surface area contributed by atoms with Crippen LogP contribution in [-0.4, -0.2) is 34.6 Å². The van der Waals surface area contributed by atoms with Gasteiger partial charge in [0.2, 0.25) is 11.8 Å². The maximum Gasteiger partial charge on any atom is 0.269 e. The maximum absolute atomic E-state index is 12.0. The van der Waals surface area contributed by atoms with Crippen molar-refractivity contribution < 1.29 is 14.5 Å². The van der Waals surface area contributed by atoms with Gasteiger partial charge in [0.05, 0.1) is 10.2 Å². The highest BCUT2D eigenvalue weighted by atomic mass is 32.2. The van der Waals surface area contributed by atoms with Crippen molar-refractivity contribution in [3.63, 3.8) is 0 Å². The van der Waals surface area contributed by atoms with Crippen LogP contribution >= 0.6 is 11.8 Å². The van der Waals surface area contributed by atoms with Crippen molar-refractivity contribution >= 4 is 29.3 Å². The molecular formula is C14H17N3O4S. The second-order valence-corrected chi connectivity index (χ2v) is 6.47. The first kappa shape index (κ1) is 16.3. The van der Waals surface area contributed by atoms with Crippen LogP contribution in [0.15, 0.2) is 29.2 Å². The number of amides is 2. The number of nitrogens with one attached hydrogen (secondary N) is 2. The molecule has 7 nitrogen and oxygen atoms in total. The summed E-state index contributed by atoms with van der Waals surface area (Å²) in [5.74, 6) is -0.0999. The molecule has 2 atom stereocenters. The fourth-order valence-corrected chi connectivity index (χ4v) is 2.99. The molecule has 1 fully saturated rings.